The van der Waals surface area contributed by atoms with Crippen molar-refractivity contribution in [3.05, 3.63) is 36.4 Å². The van der Waals surface area contributed by atoms with Gasteiger partial charge in [-0.05, 0) is 24.6 Å². The molecule has 0 saturated carbocycles. The molecule has 0 spiro atoms. The maximum absolute atomic E-state index is 12.0. The Balaban J connectivity index is 2.91. The van der Waals surface area contributed by atoms with Crippen molar-refractivity contribution in [2.75, 3.05) is 14.2 Å². The zero-order valence-electron chi connectivity index (χ0n) is 11.4. The molecule has 0 radical (unpaired) electrons. The molecule has 6 nitrogen and oxygen atoms in total. The summed E-state index contributed by atoms with van der Waals surface area (Å²) in [4.78, 5) is 23.0. The van der Waals surface area contributed by atoms with Gasteiger partial charge in [-0.3, -0.25) is 4.79 Å². The first-order valence-electron chi connectivity index (χ1n) is 5.90. The Morgan fingerprint density at radius 3 is 2.50 bits per heavy atom. The zero-order chi connectivity index (χ0) is 15.1. The van der Waals surface area contributed by atoms with E-state index in [0.717, 1.165) is 0 Å². The van der Waals surface area contributed by atoms with Gasteiger partial charge >= 0.3 is 5.97 Å². The maximum atomic E-state index is 12.0. The summed E-state index contributed by atoms with van der Waals surface area (Å²) in [7, 11) is 2.94. The van der Waals surface area contributed by atoms with Crippen LogP contribution in [0, 0.1) is 0 Å². The van der Waals surface area contributed by atoms with Crippen molar-refractivity contribution in [1.82, 2.24) is 5.32 Å². The highest BCUT2D eigenvalue weighted by Gasteiger charge is 2.20. The van der Waals surface area contributed by atoms with E-state index in [0.29, 0.717) is 11.5 Å². The molecule has 0 bridgehead atoms. The van der Waals surface area contributed by atoms with E-state index in [4.69, 9.17) is 14.6 Å². The molecule has 0 heterocycles. The topological polar surface area (TPSA) is 84.9 Å². The number of aliphatic carboxylic acids is 1. The number of carbonyl (C=O) groups excluding carboxylic acids is 1. The minimum Gasteiger partial charge on any atom is -0.493 e. The molecule has 0 aliphatic carbocycles. The molecular weight excluding hydrogens is 262 g/mol. The molecule has 0 aromatic heterocycles. The second-order valence-electron chi connectivity index (χ2n) is 3.96. The van der Waals surface area contributed by atoms with Crippen LogP contribution in [0.4, 0.5) is 0 Å². The van der Waals surface area contributed by atoms with Crippen LogP contribution >= 0.6 is 0 Å². The molecular formula is C14H17NO5. The highest BCUT2D eigenvalue weighted by molar-refractivity contribution is 5.97. The van der Waals surface area contributed by atoms with Gasteiger partial charge in [-0.15, -0.1) is 6.58 Å². The second kappa shape index (κ2) is 7.18. The van der Waals surface area contributed by atoms with Gasteiger partial charge in [0.05, 0.1) is 14.2 Å². The summed E-state index contributed by atoms with van der Waals surface area (Å²) in [5, 5.41) is 11.4. The van der Waals surface area contributed by atoms with E-state index >= 15 is 0 Å². The van der Waals surface area contributed by atoms with Gasteiger partial charge < -0.3 is 19.9 Å². The van der Waals surface area contributed by atoms with Crippen LogP contribution in [0.3, 0.4) is 0 Å². The molecule has 20 heavy (non-hydrogen) atoms. The Hall–Kier alpha value is -2.50. The summed E-state index contributed by atoms with van der Waals surface area (Å²) < 4.78 is 10.2. The van der Waals surface area contributed by atoms with Gasteiger partial charge in [0, 0.05) is 5.56 Å². The Kier molecular flexibility index (Phi) is 5.58. The van der Waals surface area contributed by atoms with Crippen LogP contribution in [0.1, 0.15) is 16.8 Å². The maximum Gasteiger partial charge on any atom is 0.326 e. The van der Waals surface area contributed by atoms with Gasteiger partial charge in [-0.25, -0.2) is 4.79 Å². The molecule has 1 unspecified atom stereocenters. The Morgan fingerprint density at radius 2 is 2.00 bits per heavy atom. The van der Waals surface area contributed by atoms with Crippen LogP contribution in [0.5, 0.6) is 11.5 Å². The highest BCUT2D eigenvalue weighted by atomic mass is 16.5. The van der Waals surface area contributed by atoms with Crippen LogP contribution in [0.15, 0.2) is 30.9 Å². The number of carbonyl (C=O) groups is 2. The predicted molar refractivity (Wildman–Crippen MR) is 73.3 cm³/mol. The molecule has 0 aliphatic rings. The molecule has 0 saturated heterocycles. The fraction of sp³-hybridized carbons (Fsp3) is 0.286. The van der Waals surface area contributed by atoms with E-state index in [2.05, 4.69) is 11.9 Å². The number of ether oxygens (including phenoxy) is 2. The van der Waals surface area contributed by atoms with Crippen molar-refractivity contribution in [1.29, 1.82) is 0 Å². The summed E-state index contributed by atoms with van der Waals surface area (Å²) in [5.41, 5.74) is 0.290. The van der Waals surface area contributed by atoms with E-state index in [1.165, 1.54) is 32.4 Å². The van der Waals surface area contributed by atoms with Gasteiger partial charge in [-0.2, -0.15) is 0 Å². The molecule has 108 valence electrons. The van der Waals surface area contributed by atoms with Crippen LogP contribution in [-0.4, -0.2) is 37.2 Å². The van der Waals surface area contributed by atoms with Crippen molar-refractivity contribution in [2.45, 2.75) is 12.5 Å². The summed E-state index contributed by atoms with van der Waals surface area (Å²) in [5.74, 6) is -0.723. The molecule has 2 N–H and O–H groups in total. The number of rotatable bonds is 7. The molecule has 1 rings (SSSR count). The average Bonchev–Trinajstić information content (AvgIpc) is 2.45. The summed E-state index contributed by atoms with van der Waals surface area (Å²) >= 11 is 0. The van der Waals surface area contributed by atoms with E-state index in [1.54, 1.807) is 6.07 Å². The van der Waals surface area contributed by atoms with Crippen LogP contribution in [-0.2, 0) is 4.79 Å². The fourth-order valence-corrected chi connectivity index (χ4v) is 1.61. The first-order chi connectivity index (χ1) is 9.53. The van der Waals surface area contributed by atoms with Gasteiger partial charge in [0.2, 0.25) is 0 Å². The Morgan fingerprint density at radius 1 is 1.35 bits per heavy atom. The minimum absolute atomic E-state index is 0.147. The lowest BCUT2D eigenvalue weighted by molar-refractivity contribution is -0.139. The summed E-state index contributed by atoms with van der Waals surface area (Å²) in [6.45, 7) is 3.46. The smallest absolute Gasteiger partial charge is 0.326 e. The molecule has 0 fully saturated rings. The molecule has 1 atom stereocenters. The Labute approximate surface area is 117 Å². The second-order valence-corrected chi connectivity index (χ2v) is 3.96. The van der Waals surface area contributed by atoms with Gasteiger partial charge in [0.1, 0.15) is 6.04 Å². The third kappa shape index (κ3) is 3.74. The van der Waals surface area contributed by atoms with Crippen molar-refractivity contribution < 1.29 is 24.2 Å². The van der Waals surface area contributed by atoms with Crippen LogP contribution in [0.25, 0.3) is 0 Å². The number of methoxy groups -OCH3 is 2. The van der Waals surface area contributed by atoms with Crippen molar-refractivity contribution >= 4 is 11.9 Å². The quantitative estimate of drug-likeness (QED) is 0.738. The monoisotopic (exact) mass is 279 g/mol. The Bertz CT molecular complexity index is 512. The first-order valence-corrected chi connectivity index (χ1v) is 5.90. The standard InChI is InChI=1S/C14H17NO5/c1-4-5-10(14(17)18)15-13(16)9-6-7-11(19-2)12(8-9)20-3/h4,6-8,10H,1,5H2,2-3H3,(H,15,16)(H,17,18). The zero-order valence-corrected chi connectivity index (χ0v) is 11.4. The predicted octanol–water partition coefficient (Wildman–Crippen LogP) is 1.46. The van der Waals surface area contributed by atoms with Crippen molar-refractivity contribution in [3.63, 3.8) is 0 Å². The lowest BCUT2D eigenvalue weighted by Crippen LogP contribution is -2.40. The molecule has 6 heteroatoms. The van der Waals surface area contributed by atoms with E-state index < -0.39 is 17.9 Å². The van der Waals surface area contributed by atoms with Crippen molar-refractivity contribution in [2.24, 2.45) is 0 Å². The van der Waals surface area contributed by atoms with Crippen LogP contribution < -0.4 is 14.8 Å². The number of amides is 1. The lowest BCUT2D eigenvalue weighted by Gasteiger charge is -2.14. The van der Waals surface area contributed by atoms with E-state index in [1.807, 2.05) is 0 Å². The molecule has 1 aromatic rings. The largest absolute Gasteiger partial charge is 0.493 e. The average molecular weight is 279 g/mol. The third-order valence-corrected chi connectivity index (χ3v) is 2.65. The van der Waals surface area contributed by atoms with Crippen LogP contribution in [0.2, 0.25) is 0 Å². The fourth-order valence-electron chi connectivity index (χ4n) is 1.61. The first kappa shape index (κ1) is 15.6. The number of hydrogen-bond donors (Lipinski definition) is 2. The summed E-state index contributed by atoms with van der Waals surface area (Å²) in [6.07, 6.45) is 1.59. The normalized spacial score (nSPS) is 11.3. The molecule has 1 amide bonds. The number of nitrogens with one attached hydrogen (secondary N) is 1. The lowest BCUT2D eigenvalue weighted by atomic mass is 10.1. The van der Waals surface area contributed by atoms with E-state index in [-0.39, 0.29) is 12.0 Å². The van der Waals surface area contributed by atoms with Gasteiger partial charge in [0.15, 0.2) is 11.5 Å². The van der Waals surface area contributed by atoms with Gasteiger partial charge in [0.25, 0.3) is 5.91 Å². The summed E-state index contributed by atoms with van der Waals surface area (Å²) in [6, 6.07) is 3.59. The number of hydrogen-bond acceptors (Lipinski definition) is 4. The van der Waals surface area contributed by atoms with Crippen molar-refractivity contribution in [3.8, 4) is 11.5 Å². The van der Waals surface area contributed by atoms with Gasteiger partial charge in [-0.1, -0.05) is 6.08 Å². The molecule has 1 aromatic carbocycles. The minimum atomic E-state index is -1.11. The highest BCUT2D eigenvalue weighted by Crippen LogP contribution is 2.27. The third-order valence-electron chi connectivity index (χ3n) is 2.65. The number of carboxylic acids is 1. The number of benzene rings is 1. The van der Waals surface area contributed by atoms with E-state index in [9.17, 15) is 9.59 Å². The molecule has 0 aliphatic heterocycles. The number of carboxylic acid groups (broad SMARTS) is 1. The SMILES string of the molecule is C=CCC(NC(=O)c1ccc(OC)c(OC)c1)C(=O)O.